The summed E-state index contributed by atoms with van der Waals surface area (Å²) in [7, 11) is 0. The van der Waals surface area contributed by atoms with Gasteiger partial charge in [-0.15, -0.1) is 0 Å². The third-order valence-electron chi connectivity index (χ3n) is 4.65. The highest BCUT2D eigenvalue weighted by Crippen LogP contribution is 2.18. The highest BCUT2D eigenvalue weighted by atomic mass is 16.1. The molecule has 0 unspecified atom stereocenters. The van der Waals surface area contributed by atoms with Gasteiger partial charge in [0.25, 0.3) is 5.91 Å². The largest absolute Gasteiger partial charge is 0.348 e. The van der Waals surface area contributed by atoms with Crippen LogP contribution >= 0.6 is 0 Å². The first kappa shape index (κ1) is 15.8. The van der Waals surface area contributed by atoms with Crippen LogP contribution in [0.25, 0.3) is 5.65 Å². The van der Waals surface area contributed by atoms with Gasteiger partial charge in [-0.3, -0.25) is 4.79 Å². The van der Waals surface area contributed by atoms with Crippen LogP contribution in [0.4, 0.5) is 0 Å². The summed E-state index contributed by atoms with van der Waals surface area (Å²) in [5.74, 6) is -0.136. The summed E-state index contributed by atoms with van der Waals surface area (Å²) < 4.78 is 1.73. The molecule has 2 aromatic heterocycles. The van der Waals surface area contributed by atoms with Crippen molar-refractivity contribution in [1.29, 1.82) is 0 Å². The third kappa shape index (κ3) is 2.78. The molecule has 1 aliphatic rings. The lowest BCUT2D eigenvalue weighted by Crippen LogP contribution is -2.23. The van der Waals surface area contributed by atoms with E-state index in [1.807, 2.05) is 26.8 Å². The van der Waals surface area contributed by atoms with E-state index in [0.717, 1.165) is 30.0 Å². The molecule has 6 heteroatoms. The maximum atomic E-state index is 12.8. The first-order valence-electron chi connectivity index (χ1n) is 8.46. The van der Waals surface area contributed by atoms with Crippen molar-refractivity contribution >= 4 is 11.6 Å². The number of benzene rings is 1. The summed E-state index contributed by atoms with van der Waals surface area (Å²) in [6.07, 6.45) is 0. The van der Waals surface area contributed by atoms with Crippen LogP contribution in [0.15, 0.2) is 24.3 Å². The number of aromatic nitrogens is 3. The minimum Gasteiger partial charge on any atom is -0.348 e. The van der Waals surface area contributed by atoms with E-state index >= 15 is 0 Å². The van der Waals surface area contributed by atoms with Crippen LogP contribution in [0.5, 0.6) is 0 Å². The average molecular weight is 335 g/mol. The minimum absolute atomic E-state index is 0.136. The standard InChI is InChI=1S/C19H21N5O/c1-11-6-12(2)24-18(22-11)17(13(3)23-24)19(25)21-8-14-4-5-15-9-20-10-16(15)7-14/h4-7,20H,8-10H2,1-3H3,(H,21,25). The number of fused-ring (bicyclic) bond motifs is 2. The van der Waals surface area contributed by atoms with E-state index in [1.54, 1.807) is 4.52 Å². The highest BCUT2D eigenvalue weighted by Gasteiger charge is 2.19. The Hall–Kier alpha value is -2.73. The summed E-state index contributed by atoms with van der Waals surface area (Å²) in [5.41, 5.74) is 7.46. The molecule has 128 valence electrons. The zero-order valence-electron chi connectivity index (χ0n) is 14.7. The number of amides is 1. The van der Waals surface area contributed by atoms with Gasteiger partial charge in [0.15, 0.2) is 5.65 Å². The number of hydrogen-bond donors (Lipinski definition) is 2. The molecule has 3 heterocycles. The van der Waals surface area contributed by atoms with Crippen LogP contribution in [0.1, 0.15) is 44.1 Å². The Morgan fingerprint density at radius 2 is 2.00 bits per heavy atom. The van der Waals surface area contributed by atoms with Crippen molar-refractivity contribution in [2.75, 3.05) is 0 Å². The second-order valence-corrected chi connectivity index (χ2v) is 6.62. The van der Waals surface area contributed by atoms with Crippen LogP contribution in [0.2, 0.25) is 0 Å². The van der Waals surface area contributed by atoms with Gasteiger partial charge in [-0.1, -0.05) is 18.2 Å². The topological polar surface area (TPSA) is 71.3 Å². The Labute approximate surface area is 146 Å². The molecule has 0 fully saturated rings. The summed E-state index contributed by atoms with van der Waals surface area (Å²) in [6, 6.07) is 8.32. The van der Waals surface area contributed by atoms with E-state index in [4.69, 9.17) is 0 Å². The van der Waals surface area contributed by atoms with E-state index in [1.165, 1.54) is 11.1 Å². The lowest BCUT2D eigenvalue weighted by atomic mass is 10.1. The van der Waals surface area contributed by atoms with Crippen LogP contribution in [0.3, 0.4) is 0 Å². The van der Waals surface area contributed by atoms with Gasteiger partial charge < -0.3 is 10.6 Å². The summed E-state index contributed by atoms with van der Waals surface area (Å²) in [6.45, 7) is 8.05. The predicted molar refractivity (Wildman–Crippen MR) is 95.4 cm³/mol. The second kappa shape index (κ2) is 5.97. The maximum Gasteiger partial charge on any atom is 0.257 e. The SMILES string of the molecule is Cc1cc(C)n2nc(C)c(C(=O)NCc3ccc4c(c3)CNC4)c2n1. The molecule has 1 amide bonds. The van der Waals surface area contributed by atoms with Gasteiger partial charge in [-0.05, 0) is 43.5 Å². The summed E-state index contributed by atoms with van der Waals surface area (Å²) in [4.78, 5) is 17.3. The summed E-state index contributed by atoms with van der Waals surface area (Å²) >= 11 is 0. The van der Waals surface area contributed by atoms with Crippen molar-refractivity contribution in [3.63, 3.8) is 0 Å². The fourth-order valence-corrected chi connectivity index (χ4v) is 3.42. The molecule has 0 saturated heterocycles. The first-order valence-corrected chi connectivity index (χ1v) is 8.46. The van der Waals surface area contributed by atoms with Crippen molar-refractivity contribution in [2.45, 2.75) is 40.4 Å². The van der Waals surface area contributed by atoms with E-state index < -0.39 is 0 Å². The Balaban J connectivity index is 1.59. The molecule has 0 spiro atoms. The number of rotatable bonds is 3. The van der Waals surface area contributed by atoms with Crippen molar-refractivity contribution in [3.05, 3.63) is 63.6 Å². The van der Waals surface area contributed by atoms with Crippen LogP contribution in [0, 0.1) is 20.8 Å². The zero-order valence-corrected chi connectivity index (χ0v) is 14.7. The van der Waals surface area contributed by atoms with Crippen LogP contribution < -0.4 is 10.6 Å². The average Bonchev–Trinajstić information content (AvgIpc) is 3.16. The molecule has 1 aromatic carbocycles. The summed E-state index contributed by atoms with van der Waals surface area (Å²) in [5, 5.41) is 10.8. The van der Waals surface area contributed by atoms with Gasteiger partial charge in [0, 0.05) is 31.0 Å². The van der Waals surface area contributed by atoms with Crippen molar-refractivity contribution < 1.29 is 4.79 Å². The molecule has 0 bridgehead atoms. The first-order chi connectivity index (χ1) is 12.0. The molecule has 0 saturated carbocycles. The highest BCUT2D eigenvalue weighted by molar-refractivity contribution is 6.01. The molecule has 3 aromatic rings. The Morgan fingerprint density at radius 3 is 2.84 bits per heavy atom. The number of carbonyl (C=O) groups excluding carboxylic acids is 1. The normalized spacial score (nSPS) is 13.2. The molecule has 1 aliphatic heterocycles. The lowest BCUT2D eigenvalue weighted by Gasteiger charge is -2.07. The van der Waals surface area contributed by atoms with Crippen LogP contribution in [-0.4, -0.2) is 20.5 Å². The molecule has 25 heavy (non-hydrogen) atoms. The van der Waals surface area contributed by atoms with Crippen molar-refractivity contribution in [2.24, 2.45) is 0 Å². The number of hydrogen-bond acceptors (Lipinski definition) is 4. The van der Waals surface area contributed by atoms with Gasteiger partial charge in [-0.2, -0.15) is 5.10 Å². The van der Waals surface area contributed by atoms with Gasteiger partial charge in [0.2, 0.25) is 0 Å². The maximum absolute atomic E-state index is 12.8. The number of aryl methyl sites for hydroxylation is 3. The molecular formula is C19H21N5O. The fourth-order valence-electron chi connectivity index (χ4n) is 3.42. The van der Waals surface area contributed by atoms with Crippen molar-refractivity contribution in [3.8, 4) is 0 Å². The smallest absolute Gasteiger partial charge is 0.257 e. The monoisotopic (exact) mass is 335 g/mol. The Morgan fingerprint density at radius 1 is 1.20 bits per heavy atom. The number of nitrogens with zero attached hydrogens (tertiary/aromatic N) is 3. The van der Waals surface area contributed by atoms with Crippen molar-refractivity contribution in [1.82, 2.24) is 25.2 Å². The Bertz CT molecular complexity index is 989. The van der Waals surface area contributed by atoms with Gasteiger partial charge >= 0.3 is 0 Å². The molecule has 6 nitrogen and oxygen atoms in total. The molecule has 0 radical (unpaired) electrons. The molecule has 4 rings (SSSR count). The zero-order chi connectivity index (χ0) is 17.6. The van der Waals surface area contributed by atoms with E-state index in [0.29, 0.717) is 23.4 Å². The van der Waals surface area contributed by atoms with Gasteiger partial charge in [0.05, 0.1) is 5.69 Å². The predicted octanol–water partition coefficient (Wildman–Crippen LogP) is 2.19. The lowest BCUT2D eigenvalue weighted by molar-refractivity contribution is 0.0951. The van der Waals surface area contributed by atoms with Crippen LogP contribution in [-0.2, 0) is 19.6 Å². The van der Waals surface area contributed by atoms with Gasteiger partial charge in [-0.25, -0.2) is 9.50 Å². The molecule has 0 atom stereocenters. The fraction of sp³-hybridized carbons (Fsp3) is 0.316. The van der Waals surface area contributed by atoms with E-state index in [2.05, 4.69) is 38.9 Å². The second-order valence-electron chi connectivity index (χ2n) is 6.62. The molecular weight excluding hydrogens is 314 g/mol. The molecule has 2 N–H and O–H groups in total. The quantitative estimate of drug-likeness (QED) is 0.770. The Kier molecular flexibility index (Phi) is 3.77. The molecule has 0 aliphatic carbocycles. The van der Waals surface area contributed by atoms with Gasteiger partial charge in [0.1, 0.15) is 5.56 Å². The third-order valence-corrected chi connectivity index (χ3v) is 4.65. The minimum atomic E-state index is -0.136. The number of carbonyl (C=O) groups is 1. The van der Waals surface area contributed by atoms with E-state index in [9.17, 15) is 4.79 Å². The van der Waals surface area contributed by atoms with E-state index in [-0.39, 0.29) is 5.91 Å². The number of nitrogens with one attached hydrogen (secondary N) is 2.